The van der Waals surface area contributed by atoms with Gasteiger partial charge in [-0.2, -0.15) is 0 Å². The average molecular weight is 454 g/mol. The van der Waals surface area contributed by atoms with Crippen molar-refractivity contribution in [2.75, 3.05) is 11.9 Å². The molecule has 4 nitrogen and oxygen atoms in total. The van der Waals surface area contributed by atoms with Crippen LogP contribution in [0.5, 0.6) is 5.75 Å². The minimum atomic E-state index is -0.206. The highest BCUT2D eigenvalue weighted by Gasteiger charge is 2.07. The topological polar surface area (TPSA) is 47.6 Å². The van der Waals surface area contributed by atoms with Crippen LogP contribution >= 0.6 is 15.9 Å². The molecule has 0 heterocycles. The molecule has 0 saturated heterocycles. The lowest BCUT2D eigenvalue weighted by Gasteiger charge is -2.14. The normalized spacial score (nSPS) is 10.4. The third kappa shape index (κ3) is 6.64. The standard InChI is InChI=1S/C24H24BrNO3/c1-2-28-24(27)14-18-8-11-22(12-9-18)26-16-20-15-21(25)10-13-23(20)29-17-19-6-4-3-5-7-19/h3-13,15,26H,2,14,16-17H2,1H3. The van der Waals surface area contributed by atoms with Gasteiger partial charge in [0.25, 0.3) is 0 Å². The van der Waals surface area contributed by atoms with Crippen LogP contribution in [0.2, 0.25) is 0 Å². The summed E-state index contributed by atoms with van der Waals surface area (Å²) in [5.74, 6) is 0.644. The fourth-order valence-electron chi connectivity index (χ4n) is 2.88. The van der Waals surface area contributed by atoms with Crippen LogP contribution in [0, 0.1) is 0 Å². The van der Waals surface area contributed by atoms with E-state index in [1.54, 1.807) is 0 Å². The van der Waals surface area contributed by atoms with Crippen LogP contribution < -0.4 is 10.1 Å². The molecule has 0 amide bonds. The fourth-order valence-corrected chi connectivity index (χ4v) is 3.29. The van der Waals surface area contributed by atoms with Crippen molar-refractivity contribution >= 4 is 27.6 Å². The van der Waals surface area contributed by atoms with E-state index in [2.05, 4.69) is 39.4 Å². The predicted molar refractivity (Wildman–Crippen MR) is 119 cm³/mol. The minimum Gasteiger partial charge on any atom is -0.489 e. The van der Waals surface area contributed by atoms with Crippen LogP contribution in [-0.4, -0.2) is 12.6 Å². The molecule has 3 rings (SSSR count). The molecule has 0 radical (unpaired) electrons. The van der Waals surface area contributed by atoms with Crippen LogP contribution in [-0.2, 0) is 29.1 Å². The molecule has 0 aliphatic rings. The second-order valence-electron chi connectivity index (χ2n) is 6.56. The third-order valence-electron chi connectivity index (χ3n) is 4.35. The molecule has 0 aliphatic carbocycles. The second kappa shape index (κ2) is 10.7. The van der Waals surface area contributed by atoms with Crippen LogP contribution in [0.25, 0.3) is 0 Å². The highest BCUT2D eigenvalue weighted by Crippen LogP contribution is 2.25. The number of halogens is 1. The Bertz CT molecular complexity index is 927. The Hall–Kier alpha value is -2.79. The van der Waals surface area contributed by atoms with Gasteiger partial charge in [-0.15, -0.1) is 0 Å². The molecular weight excluding hydrogens is 430 g/mol. The Morgan fingerprint density at radius 3 is 2.45 bits per heavy atom. The fraction of sp³-hybridized carbons (Fsp3) is 0.208. The molecule has 3 aromatic carbocycles. The van der Waals surface area contributed by atoms with Gasteiger partial charge in [0.15, 0.2) is 0 Å². The quantitative estimate of drug-likeness (QED) is 0.419. The molecule has 0 bridgehead atoms. The molecule has 29 heavy (non-hydrogen) atoms. The zero-order valence-electron chi connectivity index (χ0n) is 16.4. The third-order valence-corrected chi connectivity index (χ3v) is 4.84. The highest BCUT2D eigenvalue weighted by atomic mass is 79.9. The monoisotopic (exact) mass is 453 g/mol. The van der Waals surface area contributed by atoms with Crippen molar-refractivity contribution < 1.29 is 14.3 Å². The summed E-state index contributed by atoms with van der Waals surface area (Å²) in [6, 6.07) is 23.9. The molecule has 0 atom stereocenters. The number of benzene rings is 3. The molecule has 5 heteroatoms. The lowest BCUT2D eigenvalue weighted by molar-refractivity contribution is -0.142. The van der Waals surface area contributed by atoms with Gasteiger partial charge in [0.1, 0.15) is 12.4 Å². The van der Waals surface area contributed by atoms with E-state index < -0.39 is 0 Å². The smallest absolute Gasteiger partial charge is 0.310 e. The van der Waals surface area contributed by atoms with E-state index in [0.717, 1.165) is 32.6 Å². The summed E-state index contributed by atoms with van der Waals surface area (Å²) in [4.78, 5) is 11.6. The van der Waals surface area contributed by atoms with Gasteiger partial charge in [-0.3, -0.25) is 4.79 Å². The summed E-state index contributed by atoms with van der Waals surface area (Å²) >= 11 is 3.54. The highest BCUT2D eigenvalue weighted by molar-refractivity contribution is 9.10. The van der Waals surface area contributed by atoms with Gasteiger partial charge in [-0.25, -0.2) is 0 Å². The number of anilines is 1. The number of carbonyl (C=O) groups excluding carboxylic acids is 1. The van der Waals surface area contributed by atoms with Crippen LogP contribution in [0.3, 0.4) is 0 Å². The molecule has 150 valence electrons. The van der Waals surface area contributed by atoms with E-state index in [9.17, 15) is 4.79 Å². The Labute approximate surface area is 180 Å². The van der Waals surface area contributed by atoms with E-state index in [4.69, 9.17) is 9.47 Å². The van der Waals surface area contributed by atoms with Crippen LogP contribution in [0.15, 0.2) is 77.3 Å². The van der Waals surface area contributed by atoms with Crippen molar-refractivity contribution in [3.05, 3.63) is 94.0 Å². The largest absolute Gasteiger partial charge is 0.489 e. The summed E-state index contributed by atoms with van der Waals surface area (Å²) in [5.41, 5.74) is 4.10. The molecular formula is C24H24BrNO3. The Morgan fingerprint density at radius 1 is 0.966 bits per heavy atom. The molecule has 0 saturated carbocycles. The maximum absolute atomic E-state index is 11.6. The number of hydrogen-bond donors (Lipinski definition) is 1. The Morgan fingerprint density at radius 2 is 1.72 bits per heavy atom. The first-order chi connectivity index (χ1) is 14.1. The lowest BCUT2D eigenvalue weighted by atomic mass is 10.1. The Balaban J connectivity index is 1.61. The first-order valence-corrected chi connectivity index (χ1v) is 10.4. The molecule has 0 aromatic heterocycles. The molecule has 3 aromatic rings. The SMILES string of the molecule is CCOC(=O)Cc1ccc(NCc2cc(Br)ccc2OCc2ccccc2)cc1. The van der Waals surface area contributed by atoms with Gasteiger partial charge in [-0.05, 0) is 48.4 Å². The van der Waals surface area contributed by atoms with E-state index in [1.807, 2.05) is 61.5 Å². The maximum atomic E-state index is 11.6. The van der Waals surface area contributed by atoms with Crippen LogP contribution in [0.4, 0.5) is 5.69 Å². The van der Waals surface area contributed by atoms with E-state index in [1.165, 1.54) is 0 Å². The number of carbonyl (C=O) groups is 1. The number of nitrogens with one attached hydrogen (secondary N) is 1. The summed E-state index contributed by atoms with van der Waals surface area (Å²) in [7, 11) is 0. The number of esters is 1. The first-order valence-electron chi connectivity index (χ1n) is 9.57. The molecule has 0 unspecified atom stereocenters. The zero-order chi connectivity index (χ0) is 20.5. The van der Waals surface area contributed by atoms with E-state index in [-0.39, 0.29) is 12.4 Å². The van der Waals surface area contributed by atoms with Crippen LogP contribution in [0.1, 0.15) is 23.6 Å². The molecule has 1 N–H and O–H groups in total. The summed E-state index contributed by atoms with van der Waals surface area (Å²) < 4.78 is 12.0. The second-order valence-corrected chi connectivity index (χ2v) is 7.47. The number of ether oxygens (including phenoxy) is 2. The van der Waals surface area contributed by atoms with Crippen molar-refractivity contribution in [2.45, 2.75) is 26.5 Å². The molecule has 0 fully saturated rings. The van der Waals surface area contributed by atoms with Crippen molar-refractivity contribution in [2.24, 2.45) is 0 Å². The van der Waals surface area contributed by atoms with Crippen molar-refractivity contribution in [1.29, 1.82) is 0 Å². The first kappa shape index (κ1) is 20.9. The Kier molecular flexibility index (Phi) is 7.70. The number of rotatable bonds is 9. The summed E-state index contributed by atoms with van der Waals surface area (Å²) in [6.07, 6.45) is 0.289. The van der Waals surface area contributed by atoms with Crippen molar-refractivity contribution in [3.63, 3.8) is 0 Å². The van der Waals surface area contributed by atoms with E-state index >= 15 is 0 Å². The lowest BCUT2D eigenvalue weighted by Crippen LogP contribution is -2.07. The minimum absolute atomic E-state index is 0.206. The van der Waals surface area contributed by atoms with Gasteiger partial charge in [-0.1, -0.05) is 58.4 Å². The average Bonchev–Trinajstić information content (AvgIpc) is 2.73. The van der Waals surface area contributed by atoms with Crippen molar-refractivity contribution in [3.8, 4) is 5.75 Å². The van der Waals surface area contributed by atoms with E-state index in [0.29, 0.717) is 19.8 Å². The van der Waals surface area contributed by atoms with Gasteiger partial charge in [0.2, 0.25) is 0 Å². The van der Waals surface area contributed by atoms with Gasteiger partial charge >= 0.3 is 5.97 Å². The van der Waals surface area contributed by atoms with Crippen molar-refractivity contribution in [1.82, 2.24) is 0 Å². The molecule has 0 aliphatic heterocycles. The maximum Gasteiger partial charge on any atom is 0.310 e. The summed E-state index contributed by atoms with van der Waals surface area (Å²) in [5, 5.41) is 3.42. The zero-order valence-corrected chi connectivity index (χ0v) is 17.9. The number of hydrogen-bond acceptors (Lipinski definition) is 4. The summed E-state index contributed by atoms with van der Waals surface area (Å²) in [6.45, 7) is 3.36. The predicted octanol–water partition coefficient (Wildman–Crippen LogP) is 5.75. The van der Waals surface area contributed by atoms with Gasteiger partial charge < -0.3 is 14.8 Å². The molecule has 0 spiro atoms. The van der Waals surface area contributed by atoms with Gasteiger partial charge in [0, 0.05) is 22.3 Å². The van der Waals surface area contributed by atoms with Gasteiger partial charge in [0.05, 0.1) is 13.0 Å².